The number of alkyl halides is 6. The van der Waals surface area contributed by atoms with E-state index in [1.54, 1.807) is 0 Å². The van der Waals surface area contributed by atoms with Crippen LogP contribution in [-0.4, -0.2) is 45.5 Å². The molecular weight excluding hydrogens is 546 g/mol. The van der Waals surface area contributed by atoms with E-state index in [0.717, 1.165) is 21.3 Å². The Morgan fingerprint density at radius 2 is 1.61 bits per heavy atom. The lowest BCUT2D eigenvalue weighted by Gasteiger charge is -2.12. The number of nitrogens with zero attached hydrogens (tertiary/aromatic N) is 7. The van der Waals surface area contributed by atoms with Crippen molar-refractivity contribution in [3.05, 3.63) is 67.3 Å². The Labute approximate surface area is 213 Å². The van der Waals surface area contributed by atoms with Gasteiger partial charge in [-0.2, -0.15) is 36.1 Å². The molecule has 0 fully saturated rings. The molecule has 38 heavy (non-hydrogen) atoms. The van der Waals surface area contributed by atoms with E-state index in [2.05, 4.69) is 25.4 Å². The van der Waals surface area contributed by atoms with Crippen molar-refractivity contribution in [1.82, 2.24) is 39.3 Å². The van der Waals surface area contributed by atoms with Gasteiger partial charge in [-0.25, -0.2) is 4.79 Å². The first-order valence-corrected chi connectivity index (χ1v) is 11.6. The van der Waals surface area contributed by atoms with Gasteiger partial charge in [0.2, 0.25) is 5.28 Å². The average Bonchev–Trinajstić information content (AvgIpc) is 3.43. The van der Waals surface area contributed by atoms with Crippen LogP contribution in [0.15, 0.2) is 33.9 Å². The molecular formula is C21H19ClF6N8O2. The number of hydrogen-bond donors (Lipinski definition) is 1. The van der Waals surface area contributed by atoms with Gasteiger partial charge in [0.05, 0.1) is 12.1 Å². The molecule has 0 bridgehead atoms. The number of benzene rings is 1. The average molecular weight is 565 g/mol. The minimum atomic E-state index is -4.44. The van der Waals surface area contributed by atoms with E-state index in [1.807, 2.05) is 0 Å². The van der Waals surface area contributed by atoms with Crippen molar-refractivity contribution in [2.75, 3.05) is 0 Å². The van der Waals surface area contributed by atoms with Gasteiger partial charge in [-0.1, -0.05) is 12.1 Å². The van der Waals surface area contributed by atoms with Crippen LogP contribution in [-0.2, 0) is 32.2 Å². The van der Waals surface area contributed by atoms with Crippen LogP contribution in [0.25, 0.3) is 11.2 Å². The largest absolute Gasteiger partial charge is 0.416 e. The third kappa shape index (κ3) is 6.41. The molecule has 0 unspecified atom stereocenters. The molecule has 17 heteroatoms. The molecule has 204 valence electrons. The number of imidazole rings is 1. The molecule has 10 nitrogen and oxygen atoms in total. The van der Waals surface area contributed by atoms with Crippen LogP contribution in [0.1, 0.15) is 36.2 Å². The molecule has 0 amide bonds. The zero-order valence-corrected chi connectivity index (χ0v) is 20.1. The Balaban J connectivity index is 1.44. The summed E-state index contributed by atoms with van der Waals surface area (Å²) < 4.78 is 77.7. The van der Waals surface area contributed by atoms with Crippen molar-refractivity contribution < 1.29 is 26.3 Å². The van der Waals surface area contributed by atoms with Gasteiger partial charge < -0.3 is 4.98 Å². The number of aromatic nitrogens is 8. The van der Waals surface area contributed by atoms with E-state index >= 15 is 0 Å². The first-order chi connectivity index (χ1) is 17.8. The van der Waals surface area contributed by atoms with Crippen LogP contribution in [0.4, 0.5) is 26.3 Å². The van der Waals surface area contributed by atoms with Gasteiger partial charge in [0.25, 0.3) is 5.56 Å². The number of hydrogen-bond acceptors (Lipinski definition) is 6. The maximum atomic E-state index is 12.9. The molecule has 1 N–H and O–H groups in total. The molecule has 0 aliphatic carbocycles. The molecule has 0 spiro atoms. The number of rotatable bonds is 9. The van der Waals surface area contributed by atoms with Crippen LogP contribution in [0.2, 0.25) is 5.28 Å². The molecule has 3 heterocycles. The van der Waals surface area contributed by atoms with Crippen LogP contribution in [0.3, 0.4) is 0 Å². The standard InChI is InChI=1S/C21H19ClF6N8O2/c22-18-29-15-16(30-18)34(8-1-7-20(23,24)25)19(38)35(17(15)37)9-2-10-36-32-14(31-33-36)11-12-3-5-13(6-4-12)21(26,27)28/h3-6H,1-2,7-11H2,(H,29,30). The Morgan fingerprint density at radius 1 is 0.921 bits per heavy atom. The summed E-state index contributed by atoms with van der Waals surface area (Å²) in [6, 6.07) is 4.54. The number of tetrazole rings is 1. The number of aromatic amines is 1. The topological polar surface area (TPSA) is 116 Å². The molecule has 0 radical (unpaired) electrons. The van der Waals surface area contributed by atoms with Crippen molar-refractivity contribution in [2.24, 2.45) is 0 Å². The van der Waals surface area contributed by atoms with Gasteiger partial charge in [0.1, 0.15) is 0 Å². The Bertz CT molecular complexity index is 1540. The molecule has 0 aliphatic heterocycles. The van der Waals surface area contributed by atoms with E-state index in [-0.39, 0.29) is 54.7 Å². The third-order valence-corrected chi connectivity index (χ3v) is 5.73. The predicted octanol–water partition coefficient (Wildman–Crippen LogP) is 3.57. The van der Waals surface area contributed by atoms with Gasteiger partial charge in [-0.3, -0.25) is 13.9 Å². The first-order valence-electron chi connectivity index (χ1n) is 11.2. The van der Waals surface area contributed by atoms with Crippen molar-refractivity contribution >= 4 is 22.8 Å². The maximum absolute atomic E-state index is 12.9. The number of H-pyrrole nitrogens is 1. The predicted molar refractivity (Wildman–Crippen MR) is 122 cm³/mol. The van der Waals surface area contributed by atoms with Crippen molar-refractivity contribution in [3.8, 4) is 0 Å². The van der Waals surface area contributed by atoms with E-state index in [9.17, 15) is 35.9 Å². The molecule has 0 aliphatic rings. The van der Waals surface area contributed by atoms with E-state index < -0.39 is 42.0 Å². The number of halogens is 7. The summed E-state index contributed by atoms with van der Waals surface area (Å²) >= 11 is 5.82. The minimum absolute atomic E-state index is 0.112. The lowest BCUT2D eigenvalue weighted by Crippen LogP contribution is -2.40. The summed E-state index contributed by atoms with van der Waals surface area (Å²) in [4.78, 5) is 33.3. The fourth-order valence-corrected chi connectivity index (χ4v) is 3.96. The van der Waals surface area contributed by atoms with Crippen molar-refractivity contribution in [3.63, 3.8) is 0 Å². The summed E-state index contributed by atoms with van der Waals surface area (Å²) in [5, 5.41) is 11.7. The summed E-state index contributed by atoms with van der Waals surface area (Å²) in [6.45, 7) is -0.310. The summed E-state index contributed by atoms with van der Waals surface area (Å²) in [6.07, 6.45) is -10.0. The van der Waals surface area contributed by atoms with Gasteiger partial charge in [-0.05, 0) is 47.4 Å². The monoisotopic (exact) mass is 564 g/mol. The minimum Gasteiger partial charge on any atom is -0.323 e. The SMILES string of the molecule is O=c1c2[nH]c(Cl)nc2n(CCCC(F)(F)F)c(=O)n1CCCn1nnc(Cc2ccc(C(F)(F)F)cc2)n1. The van der Waals surface area contributed by atoms with Gasteiger partial charge in [-0.15, -0.1) is 10.2 Å². The van der Waals surface area contributed by atoms with E-state index in [0.29, 0.717) is 5.56 Å². The number of aryl methyl sites for hydroxylation is 2. The highest BCUT2D eigenvalue weighted by atomic mass is 35.5. The second kappa shape index (κ2) is 10.6. The zero-order chi connectivity index (χ0) is 27.7. The van der Waals surface area contributed by atoms with Crippen LogP contribution in [0.5, 0.6) is 0 Å². The molecule has 0 saturated heterocycles. The highest BCUT2D eigenvalue weighted by Crippen LogP contribution is 2.29. The smallest absolute Gasteiger partial charge is 0.323 e. The highest BCUT2D eigenvalue weighted by Gasteiger charge is 2.30. The Kier molecular flexibility index (Phi) is 7.62. The fraction of sp³-hybridized carbons (Fsp3) is 0.429. The van der Waals surface area contributed by atoms with E-state index in [1.165, 1.54) is 16.9 Å². The number of nitrogens with one attached hydrogen (secondary N) is 1. The molecule has 0 saturated carbocycles. The van der Waals surface area contributed by atoms with Crippen LogP contribution >= 0.6 is 11.6 Å². The Morgan fingerprint density at radius 3 is 2.26 bits per heavy atom. The lowest BCUT2D eigenvalue weighted by molar-refractivity contribution is -0.138. The number of fused-ring (bicyclic) bond motifs is 1. The van der Waals surface area contributed by atoms with Gasteiger partial charge >= 0.3 is 18.0 Å². The highest BCUT2D eigenvalue weighted by molar-refractivity contribution is 6.28. The van der Waals surface area contributed by atoms with E-state index in [4.69, 9.17) is 11.6 Å². The summed E-state index contributed by atoms with van der Waals surface area (Å²) in [7, 11) is 0. The maximum Gasteiger partial charge on any atom is 0.416 e. The quantitative estimate of drug-likeness (QED) is 0.245. The second-order valence-corrected chi connectivity index (χ2v) is 8.72. The summed E-state index contributed by atoms with van der Waals surface area (Å²) in [5.74, 6) is 0.252. The summed E-state index contributed by atoms with van der Waals surface area (Å²) in [5.41, 5.74) is -2.04. The van der Waals surface area contributed by atoms with Crippen molar-refractivity contribution in [1.29, 1.82) is 0 Å². The van der Waals surface area contributed by atoms with Gasteiger partial charge in [0.15, 0.2) is 17.0 Å². The molecule has 0 atom stereocenters. The Hall–Kier alpha value is -3.69. The zero-order valence-electron chi connectivity index (χ0n) is 19.4. The second-order valence-electron chi connectivity index (χ2n) is 8.36. The van der Waals surface area contributed by atoms with Crippen LogP contribution in [0, 0.1) is 0 Å². The molecule has 1 aromatic carbocycles. The van der Waals surface area contributed by atoms with Crippen molar-refractivity contribution in [2.45, 2.75) is 57.7 Å². The third-order valence-electron chi connectivity index (χ3n) is 5.55. The van der Waals surface area contributed by atoms with Gasteiger partial charge in [0, 0.05) is 25.9 Å². The first kappa shape index (κ1) is 27.3. The van der Waals surface area contributed by atoms with Crippen LogP contribution < -0.4 is 11.2 Å². The molecule has 4 rings (SSSR count). The lowest BCUT2D eigenvalue weighted by atomic mass is 10.1. The molecule has 3 aromatic heterocycles. The fourth-order valence-electron chi connectivity index (χ4n) is 3.78. The normalized spacial score (nSPS) is 12.5. The molecule has 4 aromatic rings.